The largest absolute Gasteiger partial charge is 0.378 e. The lowest BCUT2D eigenvalue weighted by Crippen LogP contribution is -2.36. The first-order chi connectivity index (χ1) is 8.81. The standard InChI is InChI=1S/C14H21ClN2O/c1-2-5-16-11-12-3-4-13(10-14(12)15)17-6-8-18-9-7-17/h3-4,10,16H,2,5-9,11H2,1H3. The molecule has 2 rings (SSSR count). The number of nitrogens with one attached hydrogen (secondary N) is 1. The second kappa shape index (κ2) is 6.98. The Labute approximate surface area is 114 Å². The van der Waals surface area contributed by atoms with E-state index in [-0.39, 0.29) is 0 Å². The molecule has 1 aromatic rings. The first kappa shape index (κ1) is 13.7. The van der Waals surface area contributed by atoms with Gasteiger partial charge in [0.15, 0.2) is 0 Å². The first-order valence-corrected chi connectivity index (χ1v) is 7.01. The van der Waals surface area contributed by atoms with Crippen LogP contribution in [-0.2, 0) is 11.3 Å². The van der Waals surface area contributed by atoms with Crippen molar-refractivity contribution in [3.05, 3.63) is 28.8 Å². The zero-order valence-corrected chi connectivity index (χ0v) is 11.7. The highest BCUT2D eigenvalue weighted by Crippen LogP contribution is 2.24. The van der Waals surface area contributed by atoms with E-state index in [1.54, 1.807) is 0 Å². The molecule has 100 valence electrons. The molecule has 0 unspecified atom stereocenters. The topological polar surface area (TPSA) is 24.5 Å². The first-order valence-electron chi connectivity index (χ1n) is 6.63. The molecule has 1 aliphatic rings. The molecular weight excluding hydrogens is 248 g/mol. The van der Waals surface area contributed by atoms with Crippen molar-refractivity contribution < 1.29 is 4.74 Å². The monoisotopic (exact) mass is 268 g/mol. The van der Waals surface area contributed by atoms with E-state index in [2.05, 4.69) is 35.3 Å². The molecular formula is C14H21ClN2O. The fourth-order valence-electron chi connectivity index (χ4n) is 2.10. The minimum Gasteiger partial charge on any atom is -0.378 e. The predicted molar refractivity (Wildman–Crippen MR) is 76.5 cm³/mol. The molecule has 0 bridgehead atoms. The maximum absolute atomic E-state index is 6.33. The Balaban J connectivity index is 1.99. The second-order valence-electron chi connectivity index (χ2n) is 4.55. The van der Waals surface area contributed by atoms with E-state index in [0.29, 0.717) is 0 Å². The molecule has 1 fully saturated rings. The van der Waals surface area contributed by atoms with Gasteiger partial charge in [0.1, 0.15) is 0 Å². The number of benzene rings is 1. The Kier molecular flexibility index (Phi) is 5.29. The third-order valence-corrected chi connectivity index (χ3v) is 3.51. The van der Waals surface area contributed by atoms with Crippen LogP contribution in [0.15, 0.2) is 18.2 Å². The van der Waals surface area contributed by atoms with Gasteiger partial charge in [-0.1, -0.05) is 24.6 Å². The SMILES string of the molecule is CCCNCc1ccc(N2CCOCC2)cc1Cl. The van der Waals surface area contributed by atoms with Crippen LogP contribution in [0, 0.1) is 0 Å². The van der Waals surface area contributed by atoms with Crippen LogP contribution < -0.4 is 10.2 Å². The van der Waals surface area contributed by atoms with Gasteiger partial charge in [-0.2, -0.15) is 0 Å². The number of halogens is 1. The highest BCUT2D eigenvalue weighted by molar-refractivity contribution is 6.31. The lowest BCUT2D eigenvalue weighted by Gasteiger charge is -2.29. The molecule has 0 aliphatic carbocycles. The number of anilines is 1. The van der Waals surface area contributed by atoms with Gasteiger partial charge in [-0.05, 0) is 30.7 Å². The summed E-state index contributed by atoms with van der Waals surface area (Å²) < 4.78 is 5.36. The summed E-state index contributed by atoms with van der Waals surface area (Å²) in [6.07, 6.45) is 1.14. The van der Waals surface area contributed by atoms with E-state index in [9.17, 15) is 0 Å². The van der Waals surface area contributed by atoms with E-state index in [4.69, 9.17) is 16.3 Å². The van der Waals surface area contributed by atoms with Crippen molar-refractivity contribution in [2.75, 3.05) is 37.7 Å². The van der Waals surface area contributed by atoms with Gasteiger partial charge in [0.25, 0.3) is 0 Å². The van der Waals surface area contributed by atoms with Crippen LogP contribution in [0.2, 0.25) is 5.02 Å². The molecule has 1 aliphatic heterocycles. The van der Waals surface area contributed by atoms with Gasteiger partial charge in [-0.25, -0.2) is 0 Å². The molecule has 0 spiro atoms. The Bertz CT molecular complexity index is 378. The molecule has 0 radical (unpaired) electrons. The molecule has 4 heteroatoms. The number of hydrogen-bond acceptors (Lipinski definition) is 3. The van der Waals surface area contributed by atoms with Crippen molar-refractivity contribution in [2.45, 2.75) is 19.9 Å². The van der Waals surface area contributed by atoms with E-state index in [1.165, 1.54) is 11.3 Å². The summed E-state index contributed by atoms with van der Waals surface area (Å²) in [6, 6.07) is 6.34. The predicted octanol–water partition coefficient (Wildman–Crippen LogP) is 2.68. The third kappa shape index (κ3) is 3.61. The van der Waals surface area contributed by atoms with E-state index in [1.807, 2.05) is 0 Å². The molecule has 0 amide bonds. The molecule has 3 nitrogen and oxygen atoms in total. The summed E-state index contributed by atoms with van der Waals surface area (Å²) in [5.74, 6) is 0. The average molecular weight is 269 g/mol. The highest BCUT2D eigenvalue weighted by Gasteiger charge is 2.12. The third-order valence-electron chi connectivity index (χ3n) is 3.16. The highest BCUT2D eigenvalue weighted by atomic mass is 35.5. The number of rotatable bonds is 5. The molecule has 1 heterocycles. The van der Waals surface area contributed by atoms with E-state index < -0.39 is 0 Å². The van der Waals surface area contributed by atoms with Gasteiger partial charge in [-0.15, -0.1) is 0 Å². The van der Waals surface area contributed by atoms with Crippen molar-refractivity contribution in [3.8, 4) is 0 Å². The normalized spacial score (nSPS) is 16.0. The minimum absolute atomic E-state index is 0.803. The maximum atomic E-state index is 6.33. The summed E-state index contributed by atoms with van der Waals surface area (Å²) in [7, 11) is 0. The molecule has 0 atom stereocenters. The van der Waals surface area contributed by atoms with Gasteiger partial charge < -0.3 is 15.0 Å². The number of nitrogens with zero attached hydrogens (tertiary/aromatic N) is 1. The Hall–Kier alpha value is -0.770. The minimum atomic E-state index is 0.803. The fraction of sp³-hybridized carbons (Fsp3) is 0.571. The fourth-order valence-corrected chi connectivity index (χ4v) is 2.34. The number of ether oxygens (including phenoxy) is 1. The van der Waals surface area contributed by atoms with Crippen LogP contribution in [0.25, 0.3) is 0 Å². The summed E-state index contributed by atoms with van der Waals surface area (Å²) >= 11 is 6.33. The van der Waals surface area contributed by atoms with Crippen molar-refractivity contribution >= 4 is 17.3 Å². The molecule has 1 saturated heterocycles. The van der Waals surface area contributed by atoms with Crippen molar-refractivity contribution in [3.63, 3.8) is 0 Å². The van der Waals surface area contributed by atoms with Gasteiger partial charge in [0.05, 0.1) is 13.2 Å². The van der Waals surface area contributed by atoms with Crippen LogP contribution in [0.3, 0.4) is 0 Å². The smallest absolute Gasteiger partial charge is 0.0642 e. The Morgan fingerprint density at radius 3 is 2.78 bits per heavy atom. The van der Waals surface area contributed by atoms with Gasteiger partial charge in [-0.3, -0.25) is 0 Å². The molecule has 18 heavy (non-hydrogen) atoms. The summed E-state index contributed by atoms with van der Waals surface area (Å²) in [4.78, 5) is 2.32. The summed E-state index contributed by atoms with van der Waals surface area (Å²) in [6.45, 7) is 7.54. The number of morpholine rings is 1. The van der Waals surface area contributed by atoms with Crippen LogP contribution in [0.5, 0.6) is 0 Å². The van der Waals surface area contributed by atoms with Gasteiger partial charge in [0.2, 0.25) is 0 Å². The lowest BCUT2D eigenvalue weighted by atomic mass is 10.2. The van der Waals surface area contributed by atoms with Crippen molar-refractivity contribution in [1.29, 1.82) is 0 Å². The summed E-state index contributed by atoms with van der Waals surface area (Å²) in [5.41, 5.74) is 2.37. The van der Waals surface area contributed by atoms with E-state index >= 15 is 0 Å². The zero-order valence-electron chi connectivity index (χ0n) is 10.9. The van der Waals surface area contributed by atoms with Gasteiger partial charge in [0, 0.05) is 30.3 Å². The van der Waals surface area contributed by atoms with Crippen molar-refractivity contribution in [2.24, 2.45) is 0 Å². The van der Waals surface area contributed by atoms with Crippen LogP contribution >= 0.6 is 11.6 Å². The Morgan fingerprint density at radius 1 is 1.33 bits per heavy atom. The number of hydrogen-bond donors (Lipinski definition) is 1. The Morgan fingerprint density at radius 2 is 2.11 bits per heavy atom. The average Bonchev–Trinajstić information content (AvgIpc) is 2.42. The lowest BCUT2D eigenvalue weighted by molar-refractivity contribution is 0.122. The molecule has 0 saturated carbocycles. The summed E-state index contributed by atoms with van der Waals surface area (Å²) in [5, 5.41) is 4.22. The zero-order chi connectivity index (χ0) is 12.8. The molecule has 1 aromatic carbocycles. The van der Waals surface area contributed by atoms with Crippen LogP contribution in [-0.4, -0.2) is 32.8 Å². The molecule has 0 aromatic heterocycles. The van der Waals surface area contributed by atoms with E-state index in [0.717, 1.165) is 50.8 Å². The van der Waals surface area contributed by atoms with Gasteiger partial charge >= 0.3 is 0 Å². The van der Waals surface area contributed by atoms with Crippen molar-refractivity contribution in [1.82, 2.24) is 5.32 Å². The second-order valence-corrected chi connectivity index (χ2v) is 4.96. The van der Waals surface area contributed by atoms with Crippen LogP contribution in [0.4, 0.5) is 5.69 Å². The quantitative estimate of drug-likeness (QED) is 0.831. The maximum Gasteiger partial charge on any atom is 0.0642 e. The van der Waals surface area contributed by atoms with Crippen LogP contribution in [0.1, 0.15) is 18.9 Å². The molecule has 1 N–H and O–H groups in total.